The number of fused-ring (bicyclic) bond motifs is 1. The van der Waals surface area contributed by atoms with Crippen molar-refractivity contribution in [3.05, 3.63) is 59.2 Å². The van der Waals surface area contributed by atoms with Crippen LogP contribution in [-0.4, -0.2) is 15.1 Å². The summed E-state index contributed by atoms with van der Waals surface area (Å²) < 4.78 is 0. The van der Waals surface area contributed by atoms with Crippen LogP contribution in [0, 0.1) is 0 Å². The van der Waals surface area contributed by atoms with E-state index in [0.29, 0.717) is 5.82 Å². The number of aromatic nitrogens is 2. The standard InChI is InChI=1S/C14H14N2O/c17-13(14-15-7-2-8-16-14)12-6-5-10-3-1-4-11(10)9-12/h2,5-9,13,17H,1,3-4H2. The monoisotopic (exact) mass is 226 g/mol. The Morgan fingerprint density at radius 3 is 2.65 bits per heavy atom. The van der Waals surface area contributed by atoms with Crippen LogP contribution >= 0.6 is 0 Å². The topological polar surface area (TPSA) is 46.0 Å². The van der Waals surface area contributed by atoms with Gasteiger partial charge in [-0.2, -0.15) is 0 Å². The molecule has 1 N–H and O–H groups in total. The molecule has 3 nitrogen and oxygen atoms in total. The van der Waals surface area contributed by atoms with E-state index in [9.17, 15) is 5.11 Å². The quantitative estimate of drug-likeness (QED) is 0.852. The first-order valence-electron chi connectivity index (χ1n) is 5.91. The number of benzene rings is 1. The smallest absolute Gasteiger partial charge is 0.161 e. The normalized spacial score (nSPS) is 15.6. The van der Waals surface area contributed by atoms with Gasteiger partial charge in [0.1, 0.15) is 6.10 Å². The van der Waals surface area contributed by atoms with Crippen molar-refractivity contribution in [3.8, 4) is 0 Å². The summed E-state index contributed by atoms with van der Waals surface area (Å²) in [5.41, 5.74) is 3.66. The Labute approximate surface area is 100 Å². The van der Waals surface area contributed by atoms with E-state index in [-0.39, 0.29) is 0 Å². The molecule has 2 aromatic rings. The molecule has 3 rings (SSSR count). The van der Waals surface area contributed by atoms with Crippen molar-refractivity contribution in [1.29, 1.82) is 0 Å². The third kappa shape index (κ3) is 1.94. The first kappa shape index (κ1) is 10.4. The highest BCUT2D eigenvalue weighted by Crippen LogP contribution is 2.26. The van der Waals surface area contributed by atoms with Crippen molar-refractivity contribution in [2.45, 2.75) is 25.4 Å². The highest BCUT2D eigenvalue weighted by Gasteiger charge is 2.16. The maximum Gasteiger partial charge on any atom is 0.161 e. The molecule has 0 bridgehead atoms. The third-order valence-electron chi connectivity index (χ3n) is 3.27. The predicted octanol–water partition coefficient (Wildman–Crippen LogP) is 2.05. The number of nitrogens with zero attached hydrogens (tertiary/aromatic N) is 2. The SMILES string of the molecule is OC(c1ccc2c(c1)CCC2)c1ncccn1. The minimum Gasteiger partial charge on any atom is -0.380 e. The third-order valence-corrected chi connectivity index (χ3v) is 3.27. The van der Waals surface area contributed by atoms with E-state index in [1.54, 1.807) is 18.5 Å². The summed E-state index contributed by atoms with van der Waals surface area (Å²) in [7, 11) is 0. The van der Waals surface area contributed by atoms with Crippen LogP contribution in [0.1, 0.15) is 35.0 Å². The summed E-state index contributed by atoms with van der Waals surface area (Å²) in [5, 5.41) is 10.2. The molecule has 0 saturated carbocycles. The van der Waals surface area contributed by atoms with Crippen molar-refractivity contribution in [2.24, 2.45) is 0 Å². The van der Waals surface area contributed by atoms with Gasteiger partial charge in [0.25, 0.3) is 0 Å². The first-order chi connectivity index (χ1) is 8.34. The van der Waals surface area contributed by atoms with Crippen LogP contribution in [0.15, 0.2) is 36.7 Å². The summed E-state index contributed by atoms with van der Waals surface area (Å²) >= 11 is 0. The van der Waals surface area contributed by atoms with Crippen LogP contribution in [0.4, 0.5) is 0 Å². The molecule has 1 atom stereocenters. The average Bonchev–Trinajstić information content (AvgIpc) is 2.86. The van der Waals surface area contributed by atoms with Gasteiger partial charge in [0.2, 0.25) is 0 Å². The van der Waals surface area contributed by atoms with Gasteiger partial charge in [0.05, 0.1) is 0 Å². The van der Waals surface area contributed by atoms with Crippen molar-refractivity contribution in [2.75, 3.05) is 0 Å². The zero-order valence-electron chi connectivity index (χ0n) is 9.50. The van der Waals surface area contributed by atoms with Crippen molar-refractivity contribution in [1.82, 2.24) is 9.97 Å². The lowest BCUT2D eigenvalue weighted by atomic mass is 10.0. The zero-order valence-corrected chi connectivity index (χ0v) is 9.50. The number of aliphatic hydroxyl groups excluding tert-OH is 1. The highest BCUT2D eigenvalue weighted by atomic mass is 16.3. The molecule has 17 heavy (non-hydrogen) atoms. The summed E-state index contributed by atoms with van der Waals surface area (Å²) in [4.78, 5) is 8.17. The van der Waals surface area contributed by atoms with Crippen LogP contribution in [0.2, 0.25) is 0 Å². The Kier molecular flexibility index (Phi) is 2.61. The van der Waals surface area contributed by atoms with E-state index in [2.05, 4.69) is 22.1 Å². The molecule has 1 aliphatic carbocycles. The highest BCUT2D eigenvalue weighted by molar-refractivity contribution is 5.37. The molecule has 0 radical (unpaired) electrons. The van der Waals surface area contributed by atoms with Gasteiger partial charge >= 0.3 is 0 Å². The minimum atomic E-state index is -0.720. The first-order valence-corrected chi connectivity index (χ1v) is 5.91. The summed E-state index contributed by atoms with van der Waals surface area (Å²) in [6, 6.07) is 7.93. The van der Waals surface area contributed by atoms with E-state index >= 15 is 0 Å². The van der Waals surface area contributed by atoms with Gasteiger partial charge in [-0.25, -0.2) is 9.97 Å². The van der Waals surface area contributed by atoms with Crippen LogP contribution in [0.3, 0.4) is 0 Å². The van der Waals surface area contributed by atoms with E-state index in [4.69, 9.17) is 0 Å². The van der Waals surface area contributed by atoms with Gasteiger partial charge in [-0.1, -0.05) is 18.2 Å². The molecule has 1 aromatic carbocycles. The number of aliphatic hydroxyl groups is 1. The van der Waals surface area contributed by atoms with Crippen molar-refractivity contribution >= 4 is 0 Å². The second-order valence-electron chi connectivity index (χ2n) is 4.39. The lowest BCUT2D eigenvalue weighted by Gasteiger charge is -2.10. The fourth-order valence-electron chi connectivity index (χ4n) is 2.36. The van der Waals surface area contributed by atoms with E-state index in [0.717, 1.165) is 18.4 Å². The Hall–Kier alpha value is -1.74. The Bertz CT molecular complexity index is 525. The zero-order chi connectivity index (χ0) is 11.7. The maximum absolute atomic E-state index is 10.2. The molecule has 1 aromatic heterocycles. The molecular formula is C14H14N2O. The van der Waals surface area contributed by atoms with Crippen molar-refractivity contribution in [3.63, 3.8) is 0 Å². The second kappa shape index (κ2) is 4.26. The molecule has 1 heterocycles. The fourth-order valence-corrected chi connectivity index (χ4v) is 2.36. The van der Waals surface area contributed by atoms with Gasteiger partial charge in [-0.3, -0.25) is 0 Å². The Balaban J connectivity index is 1.94. The Morgan fingerprint density at radius 2 is 1.82 bits per heavy atom. The minimum absolute atomic E-state index is 0.463. The van der Waals surface area contributed by atoms with E-state index < -0.39 is 6.10 Å². The molecule has 86 valence electrons. The lowest BCUT2D eigenvalue weighted by molar-refractivity contribution is 0.209. The Morgan fingerprint density at radius 1 is 1.06 bits per heavy atom. The maximum atomic E-state index is 10.2. The number of hydrogen-bond donors (Lipinski definition) is 1. The van der Waals surface area contributed by atoms with Crippen molar-refractivity contribution < 1.29 is 5.11 Å². The molecule has 0 fully saturated rings. The van der Waals surface area contributed by atoms with Gasteiger partial charge in [0, 0.05) is 12.4 Å². The van der Waals surface area contributed by atoms with E-state index in [1.807, 2.05) is 6.07 Å². The van der Waals surface area contributed by atoms with Crippen LogP contribution in [0.25, 0.3) is 0 Å². The molecule has 1 aliphatic rings. The molecule has 0 spiro atoms. The molecule has 3 heteroatoms. The summed E-state index contributed by atoms with van der Waals surface area (Å²) in [5.74, 6) is 0.463. The largest absolute Gasteiger partial charge is 0.380 e. The van der Waals surface area contributed by atoms with Crippen LogP contribution < -0.4 is 0 Å². The average molecular weight is 226 g/mol. The van der Waals surface area contributed by atoms with Crippen LogP contribution in [-0.2, 0) is 12.8 Å². The molecule has 0 saturated heterocycles. The predicted molar refractivity (Wildman–Crippen MR) is 64.6 cm³/mol. The second-order valence-corrected chi connectivity index (χ2v) is 4.39. The lowest BCUT2D eigenvalue weighted by Crippen LogP contribution is -2.05. The number of hydrogen-bond acceptors (Lipinski definition) is 3. The number of rotatable bonds is 2. The van der Waals surface area contributed by atoms with Gasteiger partial charge in [-0.15, -0.1) is 0 Å². The van der Waals surface area contributed by atoms with Gasteiger partial charge in [0.15, 0.2) is 5.82 Å². The summed E-state index contributed by atoms with van der Waals surface area (Å²) in [6.45, 7) is 0. The van der Waals surface area contributed by atoms with Crippen LogP contribution in [0.5, 0.6) is 0 Å². The van der Waals surface area contributed by atoms with Gasteiger partial charge < -0.3 is 5.11 Å². The van der Waals surface area contributed by atoms with E-state index in [1.165, 1.54) is 17.5 Å². The molecule has 1 unspecified atom stereocenters. The molecule has 0 amide bonds. The molecule has 0 aliphatic heterocycles. The van der Waals surface area contributed by atoms with Gasteiger partial charge in [-0.05, 0) is 42.0 Å². The fraction of sp³-hybridized carbons (Fsp3) is 0.286. The summed E-state index contributed by atoms with van der Waals surface area (Å²) in [6.07, 6.45) is 6.08. The number of aryl methyl sites for hydroxylation is 2. The molecular weight excluding hydrogens is 212 g/mol.